The Morgan fingerprint density at radius 3 is 2.64 bits per heavy atom. The van der Waals surface area contributed by atoms with Crippen molar-refractivity contribution in [1.29, 1.82) is 0 Å². The van der Waals surface area contributed by atoms with Crippen molar-refractivity contribution in [3.8, 4) is 5.75 Å². The topological polar surface area (TPSA) is 66.4 Å². The average molecular weight is 317 g/mol. The largest absolute Gasteiger partial charge is 0.508 e. The summed E-state index contributed by atoms with van der Waals surface area (Å²) < 4.78 is 27.3. The molecule has 0 aromatic heterocycles. The second-order valence-electron chi connectivity index (χ2n) is 5.56. The summed E-state index contributed by atoms with van der Waals surface area (Å²) in [6.45, 7) is 0.261. The molecular formula is C17H19NO3S. The number of fused-ring (bicyclic) bond motifs is 1. The van der Waals surface area contributed by atoms with Gasteiger partial charge in [0.25, 0.3) is 0 Å². The van der Waals surface area contributed by atoms with Crippen LogP contribution >= 0.6 is 0 Å². The van der Waals surface area contributed by atoms with Gasteiger partial charge in [-0.1, -0.05) is 24.3 Å². The Morgan fingerprint density at radius 1 is 1.05 bits per heavy atom. The summed E-state index contributed by atoms with van der Waals surface area (Å²) in [7, 11) is -3.50. The molecule has 0 radical (unpaired) electrons. The van der Waals surface area contributed by atoms with E-state index in [9.17, 15) is 13.5 Å². The standard InChI is InChI=1S/C17H19NO3S/c19-17-7-2-1-4-14(17)10-11-18-22(20,21)16-9-8-13-5-3-6-15(13)12-16/h1-2,4,7-9,12,18-19H,3,5-6,10-11H2. The molecule has 22 heavy (non-hydrogen) atoms. The number of hydrogen-bond donors (Lipinski definition) is 2. The lowest BCUT2D eigenvalue weighted by atomic mass is 10.1. The van der Waals surface area contributed by atoms with Crippen LogP contribution in [0.3, 0.4) is 0 Å². The van der Waals surface area contributed by atoms with Crippen LogP contribution in [0.2, 0.25) is 0 Å². The van der Waals surface area contributed by atoms with Crippen molar-refractivity contribution in [3.63, 3.8) is 0 Å². The minimum absolute atomic E-state index is 0.194. The van der Waals surface area contributed by atoms with Gasteiger partial charge in [0.2, 0.25) is 10.0 Å². The van der Waals surface area contributed by atoms with Crippen LogP contribution < -0.4 is 4.72 Å². The molecule has 0 unspecified atom stereocenters. The van der Waals surface area contributed by atoms with Crippen LogP contribution in [0.5, 0.6) is 5.75 Å². The monoisotopic (exact) mass is 317 g/mol. The van der Waals surface area contributed by atoms with Gasteiger partial charge in [-0.05, 0) is 60.6 Å². The minimum atomic E-state index is -3.50. The van der Waals surface area contributed by atoms with Crippen molar-refractivity contribution >= 4 is 10.0 Å². The molecule has 3 rings (SSSR count). The quantitative estimate of drug-likeness (QED) is 0.890. The third-order valence-corrected chi connectivity index (χ3v) is 5.52. The highest BCUT2D eigenvalue weighted by Gasteiger charge is 2.18. The lowest BCUT2D eigenvalue weighted by Gasteiger charge is -2.09. The second kappa shape index (κ2) is 6.10. The molecule has 0 fully saturated rings. The lowest BCUT2D eigenvalue weighted by molar-refractivity contribution is 0.467. The van der Waals surface area contributed by atoms with E-state index in [4.69, 9.17) is 0 Å². The number of phenols is 1. The fourth-order valence-corrected chi connectivity index (χ4v) is 3.92. The van der Waals surface area contributed by atoms with Gasteiger partial charge in [-0.25, -0.2) is 13.1 Å². The number of benzene rings is 2. The van der Waals surface area contributed by atoms with Gasteiger partial charge < -0.3 is 5.11 Å². The van der Waals surface area contributed by atoms with Crippen LogP contribution in [0.1, 0.15) is 23.1 Å². The molecule has 0 amide bonds. The maximum absolute atomic E-state index is 12.3. The van der Waals surface area contributed by atoms with E-state index >= 15 is 0 Å². The van der Waals surface area contributed by atoms with Gasteiger partial charge in [0, 0.05) is 6.54 Å². The third-order valence-electron chi connectivity index (χ3n) is 4.06. The molecule has 2 aromatic rings. The van der Waals surface area contributed by atoms with Crippen molar-refractivity contribution in [2.45, 2.75) is 30.6 Å². The average Bonchev–Trinajstić information content (AvgIpc) is 2.96. The molecular weight excluding hydrogens is 298 g/mol. The van der Waals surface area contributed by atoms with Gasteiger partial charge >= 0.3 is 0 Å². The van der Waals surface area contributed by atoms with Crippen LogP contribution in [0.25, 0.3) is 0 Å². The first kappa shape index (κ1) is 15.1. The number of hydrogen-bond acceptors (Lipinski definition) is 3. The third kappa shape index (κ3) is 3.15. The first-order chi connectivity index (χ1) is 10.6. The molecule has 0 aliphatic heterocycles. The summed E-state index contributed by atoms with van der Waals surface area (Å²) in [5.41, 5.74) is 3.14. The summed E-state index contributed by atoms with van der Waals surface area (Å²) in [4.78, 5) is 0.324. The molecule has 0 saturated carbocycles. The fraction of sp³-hybridized carbons (Fsp3) is 0.294. The Kier molecular flexibility index (Phi) is 4.18. The van der Waals surface area contributed by atoms with Crippen LogP contribution in [0, 0.1) is 0 Å². The van der Waals surface area contributed by atoms with E-state index in [0.29, 0.717) is 11.3 Å². The number of sulfonamides is 1. The molecule has 0 atom stereocenters. The number of aryl methyl sites for hydroxylation is 2. The van der Waals surface area contributed by atoms with Crippen LogP contribution in [0.4, 0.5) is 0 Å². The first-order valence-electron chi connectivity index (χ1n) is 7.44. The molecule has 5 heteroatoms. The Hall–Kier alpha value is -1.85. The Balaban J connectivity index is 1.68. The van der Waals surface area contributed by atoms with Gasteiger partial charge in [0.1, 0.15) is 5.75 Å². The molecule has 0 saturated heterocycles. The first-order valence-corrected chi connectivity index (χ1v) is 8.93. The molecule has 1 aliphatic carbocycles. The minimum Gasteiger partial charge on any atom is -0.508 e. The van der Waals surface area contributed by atoms with E-state index in [1.54, 1.807) is 30.3 Å². The summed E-state index contributed by atoms with van der Waals surface area (Å²) in [6, 6.07) is 12.3. The van der Waals surface area contributed by atoms with Crippen molar-refractivity contribution in [3.05, 3.63) is 59.2 Å². The summed E-state index contributed by atoms with van der Waals surface area (Å²) >= 11 is 0. The Morgan fingerprint density at radius 2 is 1.82 bits per heavy atom. The van der Waals surface area contributed by atoms with E-state index in [2.05, 4.69) is 4.72 Å². The lowest BCUT2D eigenvalue weighted by Crippen LogP contribution is -2.26. The van der Waals surface area contributed by atoms with E-state index in [1.165, 1.54) is 5.56 Å². The van der Waals surface area contributed by atoms with Crippen molar-refractivity contribution in [2.24, 2.45) is 0 Å². The number of nitrogens with one attached hydrogen (secondary N) is 1. The fourth-order valence-electron chi connectivity index (χ4n) is 2.84. The number of para-hydroxylation sites is 1. The van der Waals surface area contributed by atoms with Gasteiger partial charge in [0.15, 0.2) is 0 Å². The van der Waals surface area contributed by atoms with Gasteiger partial charge in [-0.3, -0.25) is 0 Å². The Bertz CT molecular complexity index is 784. The molecule has 0 bridgehead atoms. The zero-order valence-electron chi connectivity index (χ0n) is 12.2. The number of phenolic OH excluding ortho intramolecular Hbond substituents is 1. The molecule has 1 aliphatic rings. The second-order valence-corrected chi connectivity index (χ2v) is 7.33. The van der Waals surface area contributed by atoms with E-state index in [0.717, 1.165) is 30.4 Å². The summed E-state index contributed by atoms with van der Waals surface area (Å²) in [5, 5.41) is 9.69. The normalized spacial score (nSPS) is 14.0. The van der Waals surface area contributed by atoms with Crippen LogP contribution in [0.15, 0.2) is 47.4 Å². The van der Waals surface area contributed by atoms with Gasteiger partial charge in [0.05, 0.1) is 4.90 Å². The highest BCUT2D eigenvalue weighted by molar-refractivity contribution is 7.89. The molecule has 4 nitrogen and oxygen atoms in total. The van der Waals surface area contributed by atoms with E-state index in [1.807, 2.05) is 12.1 Å². The number of aromatic hydroxyl groups is 1. The predicted octanol–water partition coefficient (Wildman–Crippen LogP) is 2.40. The van der Waals surface area contributed by atoms with Gasteiger partial charge in [-0.2, -0.15) is 0 Å². The van der Waals surface area contributed by atoms with Crippen LogP contribution in [-0.4, -0.2) is 20.1 Å². The van der Waals surface area contributed by atoms with Crippen molar-refractivity contribution in [1.82, 2.24) is 4.72 Å². The zero-order chi connectivity index (χ0) is 15.6. The van der Waals surface area contributed by atoms with Crippen molar-refractivity contribution < 1.29 is 13.5 Å². The zero-order valence-corrected chi connectivity index (χ0v) is 13.1. The molecule has 2 N–H and O–H groups in total. The Labute approximate surface area is 130 Å². The summed E-state index contributed by atoms with van der Waals surface area (Å²) in [6.07, 6.45) is 3.54. The molecule has 116 valence electrons. The molecule has 0 spiro atoms. The summed E-state index contributed by atoms with van der Waals surface area (Å²) in [5.74, 6) is 0.194. The van der Waals surface area contributed by atoms with E-state index < -0.39 is 10.0 Å². The number of rotatable bonds is 5. The molecule has 0 heterocycles. The maximum atomic E-state index is 12.3. The smallest absolute Gasteiger partial charge is 0.240 e. The van der Waals surface area contributed by atoms with Crippen molar-refractivity contribution in [2.75, 3.05) is 6.54 Å². The highest BCUT2D eigenvalue weighted by Crippen LogP contribution is 2.24. The van der Waals surface area contributed by atoms with Crippen LogP contribution in [-0.2, 0) is 29.3 Å². The maximum Gasteiger partial charge on any atom is 0.240 e. The highest BCUT2D eigenvalue weighted by atomic mass is 32.2. The molecule has 2 aromatic carbocycles. The van der Waals surface area contributed by atoms with Gasteiger partial charge in [-0.15, -0.1) is 0 Å². The SMILES string of the molecule is O=S(=O)(NCCc1ccccc1O)c1ccc2c(c1)CCC2. The predicted molar refractivity (Wildman–Crippen MR) is 85.5 cm³/mol. The van der Waals surface area contributed by atoms with E-state index in [-0.39, 0.29) is 12.3 Å².